The van der Waals surface area contributed by atoms with E-state index in [9.17, 15) is 14.4 Å². The topological polar surface area (TPSA) is 122 Å². The lowest BCUT2D eigenvalue weighted by molar-refractivity contribution is -0.168. The summed E-state index contributed by atoms with van der Waals surface area (Å²) in [4.78, 5) is 41.2. The highest BCUT2D eigenvalue weighted by atomic mass is 16.6. The number of hydrogen-bond acceptors (Lipinski definition) is 9. The molecular weight excluding hydrogens is 552 g/mol. The Kier molecular flexibility index (Phi) is 14.7. The summed E-state index contributed by atoms with van der Waals surface area (Å²) in [6.45, 7) is 4.62. The fourth-order valence-electron chi connectivity index (χ4n) is 5.73. The summed E-state index contributed by atoms with van der Waals surface area (Å²) in [7, 11) is 3.03. The van der Waals surface area contributed by atoms with Crippen molar-refractivity contribution in [2.75, 3.05) is 20.8 Å². The van der Waals surface area contributed by atoms with Gasteiger partial charge in [0.2, 0.25) is 0 Å². The highest BCUT2D eigenvalue weighted by Gasteiger charge is 2.35. The molecule has 43 heavy (non-hydrogen) atoms. The predicted octanol–water partition coefficient (Wildman–Crippen LogP) is 5.34. The number of pyridine rings is 1. The van der Waals surface area contributed by atoms with Crippen molar-refractivity contribution in [2.24, 2.45) is 5.92 Å². The lowest BCUT2D eigenvalue weighted by Gasteiger charge is -2.37. The Bertz CT molecular complexity index is 1090. The minimum atomic E-state index is -0.487. The maximum Gasteiger partial charge on any atom is 0.407 e. The number of rotatable bonds is 11. The van der Waals surface area contributed by atoms with Crippen LogP contribution < -0.4 is 5.32 Å². The van der Waals surface area contributed by atoms with Gasteiger partial charge in [-0.2, -0.15) is 0 Å². The van der Waals surface area contributed by atoms with E-state index in [4.69, 9.17) is 18.9 Å². The minimum Gasteiger partial charge on any atom is -0.462 e. The molecule has 2 saturated heterocycles. The maximum atomic E-state index is 12.8. The number of allylic oxidation sites excluding steroid dienone is 1. The van der Waals surface area contributed by atoms with Crippen molar-refractivity contribution in [2.45, 2.75) is 109 Å². The van der Waals surface area contributed by atoms with E-state index in [2.05, 4.69) is 28.9 Å². The second-order valence-corrected chi connectivity index (χ2v) is 11.5. The molecular formula is C33H48N2O8. The van der Waals surface area contributed by atoms with Gasteiger partial charge in [0.15, 0.2) is 0 Å². The Morgan fingerprint density at radius 3 is 2.65 bits per heavy atom. The van der Waals surface area contributed by atoms with Crippen molar-refractivity contribution in [3.63, 3.8) is 0 Å². The van der Waals surface area contributed by atoms with Crippen LogP contribution in [0.4, 0.5) is 4.79 Å². The van der Waals surface area contributed by atoms with Gasteiger partial charge in [-0.3, -0.25) is 9.78 Å². The monoisotopic (exact) mass is 600 g/mol. The van der Waals surface area contributed by atoms with Gasteiger partial charge in [-0.25, -0.2) is 9.59 Å². The predicted molar refractivity (Wildman–Crippen MR) is 162 cm³/mol. The number of carbonyl (C=O) groups is 3. The number of nitrogens with one attached hydrogen (secondary N) is 1. The summed E-state index contributed by atoms with van der Waals surface area (Å²) in [5, 5.41) is 2.58. The Morgan fingerprint density at radius 2 is 1.88 bits per heavy atom. The molecule has 1 amide bonds. The molecule has 238 valence electrons. The van der Waals surface area contributed by atoms with Gasteiger partial charge < -0.3 is 29.0 Å². The maximum absolute atomic E-state index is 12.8. The molecule has 0 aromatic carbocycles. The van der Waals surface area contributed by atoms with Crippen LogP contribution in [0.1, 0.15) is 83.0 Å². The molecule has 1 N–H and O–H groups in total. The summed E-state index contributed by atoms with van der Waals surface area (Å²) in [6.07, 6.45) is 12.1. The number of hydrogen-bond donors (Lipinski definition) is 1. The number of nitrogens with zero attached hydrogens (tertiary/aromatic N) is 1. The van der Waals surface area contributed by atoms with Crippen LogP contribution in [0.15, 0.2) is 36.4 Å². The third kappa shape index (κ3) is 12.9. The van der Waals surface area contributed by atoms with Gasteiger partial charge in [0.05, 0.1) is 37.5 Å². The molecule has 3 heterocycles. The van der Waals surface area contributed by atoms with Crippen molar-refractivity contribution in [1.82, 2.24) is 10.3 Å². The zero-order chi connectivity index (χ0) is 31.0. The zero-order valence-electron chi connectivity index (χ0n) is 26.0. The lowest BCUT2D eigenvalue weighted by Crippen LogP contribution is -2.41. The number of amides is 1. The van der Waals surface area contributed by atoms with Gasteiger partial charge >= 0.3 is 18.0 Å². The molecule has 10 nitrogen and oxygen atoms in total. The number of methoxy groups -OCH3 is 2. The summed E-state index contributed by atoms with van der Waals surface area (Å²) < 4.78 is 28.2. The van der Waals surface area contributed by atoms with Crippen LogP contribution in [-0.4, -0.2) is 74.3 Å². The van der Waals surface area contributed by atoms with Crippen molar-refractivity contribution >= 4 is 24.1 Å². The molecule has 0 radical (unpaired) electrons. The number of alkyl carbamates (subject to hydrolysis) is 1. The number of aryl methyl sites for hydroxylation is 1. The molecule has 2 fully saturated rings. The van der Waals surface area contributed by atoms with Gasteiger partial charge in [-0.05, 0) is 56.2 Å². The van der Waals surface area contributed by atoms with Gasteiger partial charge in [-0.1, -0.05) is 38.5 Å². The molecule has 2 aliphatic heterocycles. The summed E-state index contributed by atoms with van der Waals surface area (Å²) in [6, 6.07) is 5.74. The standard InChI is InChI=1S/C33H48N2O8/c1-5-10-26-19-27(39-3)17-23(2)18-28-20-29(21-30(41-28)22-32(37)42-26)43-31(36)15-7-6-11-24-12-8-13-25(35-24)14-9-16-34-33(38)40-4/h7-9,12-15,23,26-30H,5-6,10-11,16-22H2,1-4H3,(H,34,38)/b14-9-,15-7-/t23-,26-,27-,28-,29+,30-/m0/s1. The minimum absolute atomic E-state index is 0.0152. The highest BCUT2D eigenvalue weighted by Crippen LogP contribution is 2.31. The van der Waals surface area contributed by atoms with E-state index >= 15 is 0 Å². The van der Waals surface area contributed by atoms with E-state index in [1.807, 2.05) is 24.3 Å². The highest BCUT2D eigenvalue weighted by molar-refractivity contribution is 5.82. The summed E-state index contributed by atoms with van der Waals surface area (Å²) in [5.74, 6) is -0.323. The van der Waals surface area contributed by atoms with Crippen molar-refractivity contribution in [3.8, 4) is 0 Å². The number of ether oxygens (including phenoxy) is 5. The third-order valence-corrected chi connectivity index (χ3v) is 7.70. The first-order chi connectivity index (χ1) is 20.8. The Morgan fingerprint density at radius 1 is 1.07 bits per heavy atom. The first-order valence-electron chi connectivity index (χ1n) is 15.5. The fraction of sp³-hybridized carbons (Fsp3) is 0.636. The number of fused-ring (bicyclic) bond motifs is 2. The number of esters is 2. The Hall–Kier alpha value is -3.24. The molecule has 0 saturated carbocycles. The number of aromatic nitrogens is 1. The van der Waals surface area contributed by atoms with E-state index in [-0.39, 0.29) is 42.9 Å². The third-order valence-electron chi connectivity index (χ3n) is 7.70. The van der Waals surface area contributed by atoms with Crippen LogP contribution in [0, 0.1) is 5.92 Å². The van der Waals surface area contributed by atoms with Crippen LogP contribution in [-0.2, 0) is 39.7 Å². The van der Waals surface area contributed by atoms with E-state index < -0.39 is 12.1 Å². The molecule has 10 heteroatoms. The lowest BCUT2D eigenvalue weighted by atomic mass is 9.89. The second kappa shape index (κ2) is 18.4. The SMILES string of the molecule is CCC[C@H]1C[C@@H](OC)C[C@H](C)C[C@H]2C[C@@H](OC(=O)/C=C\CCc3cccc(/C=C\CNC(=O)OC)n3)C[C@@H](CC(=O)O1)O2. The van der Waals surface area contributed by atoms with Crippen molar-refractivity contribution in [1.29, 1.82) is 0 Å². The average molecular weight is 601 g/mol. The largest absolute Gasteiger partial charge is 0.462 e. The molecule has 6 atom stereocenters. The summed E-state index contributed by atoms with van der Waals surface area (Å²) >= 11 is 0. The van der Waals surface area contributed by atoms with Crippen molar-refractivity contribution < 1.29 is 38.1 Å². The van der Waals surface area contributed by atoms with Crippen LogP contribution >= 0.6 is 0 Å². The zero-order valence-corrected chi connectivity index (χ0v) is 26.0. The molecule has 0 aliphatic carbocycles. The van der Waals surface area contributed by atoms with E-state index in [0.717, 1.165) is 37.1 Å². The first kappa shape index (κ1) is 34.3. The second-order valence-electron chi connectivity index (χ2n) is 11.5. The molecule has 2 aliphatic rings. The Labute approximate surface area is 255 Å². The molecule has 0 unspecified atom stereocenters. The molecule has 0 spiro atoms. The van der Waals surface area contributed by atoms with Gasteiger partial charge in [0, 0.05) is 44.7 Å². The van der Waals surface area contributed by atoms with Crippen LogP contribution in [0.2, 0.25) is 0 Å². The normalized spacial score (nSPS) is 26.7. The molecule has 1 aromatic heterocycles. The van der Waals surface area contributed by atoms with Gasteiger partial charge in [0.25, 0.3) is 0 Å². The first-order valence-corrected chi connectivity index (χ1v) is 15.5. The van der Waals surface area contributed by atoms with Crippen LogP contribution in [0.5, 0.6) is 0 Å². The smallest absolute Gasteiger partial charge is 0.407 e. The quantitative estimate of drug-likeness (QED) is 0.204. The van der Waals surface area contributed by atoms with Crippen LogP contribution in [0.3, 0.4) is 0 Å². The number of carbonyl (C=O) groups excluding carboxylic acids is 3. The summed E-state index contributed by atoms with van der Waals surface area (Å²) in [5.41, 5.74) is 1.67. The van der Waals surface area contributed by atoms with E-state index in [0.29, 0.717) is 44.6 Å². The Balaban J connectivity index is 1.51. The van der Waals surface area contributed by atoms with Gasteiger partial charge in [0.1, 0.15) is 12.2 Å². The molecule has 1 aromatic rings. The van der Waals surface area contributed by atoms with Crippen molar-refractivity contribution in [3.05, 3.63) is 47.8 Å². The van der Waals surface area contributed by atoms with Crippen LogP contribution in [0.25, 0.3) is 6.08 Å². The average Bonchev–Trinajstić information content (AvgIpc) is 2.96. The molecule has 3 rings (SSSR count). The molecule has 2 bridgehead atoms. The fourth-order valence-corrected chi connectivity index (χ4v) is 5.73. The van der Waals surface area contributed by atoms with E-state index in [1.54, 1.807) is 19.3 Å². The number of cyclic esters (lactones) is 1. The van der Waals surface area contributed by atoms with E-state index in [1.165, 1.54) is 13.2 Å². The van der Waals surface area contributed by atoms with Gasteiger partial charge in [-0.15, -0.1) is 0 Å².